The van der Waals surface area contributed by atoms with Gasteiger partial charge in [0.25, 0.3) is 5.91 Å². The van der Waals surface area contributed by atoms with Gasteiger partial charge in [-0.25, -0.2) is 19.9 Å². The van der Waals surface area contributed by atoms with Crippen molar-refractivity contribution >= 4 is 23.1 Å². The van der Waals surface area contributed by atoms with Crippen LogP contribution in [0.25, 0.3) is 5.82 Å². The quantitative estimate of drug-likeness (QED) is 0.688. The third-order valence-corrected chi connectivity index (χ3v) is 5.76. The molecule has 0 radical (unpaired) electrons. The van der Waals surface area contributed by atoms with E-state index in [1.807, 2.05) is 42.5 Å². The molecule has 0 atom stereocenters. The number of hydrogen-bond acceptors (Lipinski definition) is 7. The molecule has 4 rings (SSSR count). The van der Waals surface area contributed by atoms with Crippen LogP contribution in [0, 0.1) is 20.8 Å². The number of thiazole rings is 1. The Hall–Kier alpha value is -2.81. The number of piperazine rings is 1. The number of aromatic nitrogens is 5. The topological polar surface area (TPSA) is 80.0 Å². The van der Waals surface area contributed by atoms with Crippen LogP contribution in [0.4, 0.5) is 5.82 Å². The lowest BCUT2D eigenvalue weighted by molar-refractivity contribution is 0.0750. The van der Waals surface area contributed by atoms with Gasteiger partial charge in [-0.3, -0.25) is 9.36 Å². The fraction of sp³-hybridized carbons (Fsp3) is 0.389. The van der Waals surface area contributed by atoms with Crippen LogP contribution in [0.1, 0.15) is 26.2 Å². The second-order valence-corrected chi connectivity index (χ2v) is 7.71. The molecule has 27 heavy (non-hydrogen) atoms. The van der Waals surface area contributed by atoms with Crippen molar-refractivity contribution < 1.29 is 4.79 Å². The highest BCUT2D eigenvalue weighted by Gasteiger charge is 2.25. The van der Waals surface area contributed by atoms with E-state index in [4.69, 9.17) is 0 Å². The minimum atomic E-state index is 0.0789. The number of rotatable bonds is 3. The van der Waals surface area contributed by atoms with Gasteiger partial charge in [0.2, 0.25) is 0 Å². The van der Waals surface area contributed by atoms with Crippen LogP contribution in [-0.4, -0.2) is 61.5 Å². The summed E-state index contributed by atoms with van der Waals surface area (Å²) in [6, 6.07) is 1.96. The predicted octanol–water partition coefficient (Wildman–Crippen LogP) is 2.01. The van der Waals surface area contributed by atoms with Crippen LogP contribution in [0.3, 0.4) is 0 Å². The summed E-state index contributed by atoms with van der Waals surface area (Å²) in [5, 5.41) is 0.929. The smallest absolute Gasteiger partial charge is 0.265 e. The van der Waals surface area contributed by atoms with E-state index in [1.165, 1.54) is 11.3 Å². The summed E-state index contributed by atoms with van der Waals surface area (Å²) in [7, 11) is 0. The molecule has 140 valence electrons. The normalized spacial score (nSPS) is 14.6. The maximum absolute atomic E-state index is 12.8. The molecule has 3 aromatic rings. The molecule has 9 heteroatoms. The van der Waals surface area contributed by atoms with Crippen LogP contribution in [0.5, 0.6) is 0 Å². The molecule has 3 aromatic heterocycles. The van der Waals surface area contributed by atoms with Crippen molar-refractivity contribution in [2.45, 2.75) is 20.8 Å². The van der Waals surface area contributed by atoms with Gasteiger partial charge < -0.3 is 9.80 Å². The summed E-state index contributed by atoms with van der Waals surface area (Å²) in [6.07, 6.45) is 5.22. The van der Waals surface area contributed by atoms with Gasteiger partial charge in [0, 0.05) is 44.6 Å². The first kappa shape index (κ1) is 17.6. The van der Waals surface area contributed by atoms with E-state index in [9.17, 15) is 4.79 Å². The van der Waals surface area contributed by atoms with E-state index >= 15 is 0 Å². The molecule has 1 aliphatic heterocycles. The van der Waals surface area contributed by atoms with Crippen molar-refractivity contribution in [3.63, 3.8) is 0 Å². The zero-order chi connectivity index (χ0) is 19.0. The Morgan fingerprint density at radius 1 is 1.04 bits per heavy atom. The molecular formula is C18H21N7OS. The average molecular weight is 383 g/mol. The fourth-order valence-electron chi connectivity index (χ4n) is 3.27. The van der Waals surface area contributed by atoms with E-state index < -0.39 is 0 Å². The van der Waals surface area contributed by atoms with Crippen molar-refractivity contribution in [1.82, 2.24) is 29.4 Å². The molecule has 0 aliphatic carbocycles. The number of hydrogen-bond donors (Lipinski definition) is 0. The van der Waals surface area contributed by atoms with E-state index in [-0.39, 0.29) is 5.91 Å². The summed E-state index contributed by atoms with van der Waals surface area (Å²) >= 11 is 1.47. The highest BCUT2D eigenvalue weighted by Crippen LogP contribution is 2.21. The number of nitrogens with zero attached hydrogens (tertiary/aromatic N) is 7. The molecule has 1 aliphatic rings. The number of aryl methyl sites for hydroxylation is 3. The Kier molecular flexibility index (Phi) is 4.61. The molecule has 1 amide bonds. The maximum atomic E-state index is 12.8. The number of amides is 1. The predicted molar refractivity (Wildman–Crippen MR) is 104 cm³/mol. The summed E-state index contributed by atoms with van der Waals surface area (Å²) in [4.78, 5) is 35.0. The molecule has 8 nitrogen and oxygen atoms in total. The second-order valence-electron chi connectivity index (χ2n) is 6.51. The summed E-state index contributed by atoms with van der Waals surface area (Å²) < 4.78 is 1.93. The molecule has 0 spiro atoms. The Morgan fingerprint density at radius 2 is 1.78 bits per heavy atom. The maximum Gasteiger partial charge on any atom is 0.265 e. The molecule has 0 unspecified atom stereocenters. The third kappa shape index (κ3) is 3.42. The molecule has 0 bridgehead atoms. The van der Waals surface area contributed by atoms with Gasteiger partial charge in [0.05, 0.1) is 10.7 Å². The zero-order valence-corrected chi connectivity index (χ0v) is 16.4. The van der Waals surface area contributed by atoms with Gasteiger partial charge in [-0.15, -0.1) is 11.3 Å². The van der Waals surface area contributed by atoms with Crippen molar-refractivity contribution in [1.29, 1.82) is 0 Å². The van der Waals surface area contributed by atoms with Gasteiger partial charge in [0.1, 0.15) is 28.7 Å². The van der Waals surface area contributed by atoms with Gasteiger partial charge in [-0.05, 0) is 20.8 Å². The first-order valence-corrected chi connectivity index (χ1v) is 9.65. The number of imidazole rings is 1. The fourth-order valence-corrected chi connectivity index (χ4v) is 4.16. The largest absolute Gasteiger partial charge is 0.353 e. The molecule has 4 heterocycles. The minimum Gasteiger partial charge on any atom is -0.353 e. The van der Waals surface area contributed by atoms with Crippen LogP contribution in [-0.2, 0) is 0 Å². The standard InChI is InChI=1S/C18H21N7OS/c1-12-17(27-14(3)22-12)18(26)24-8-6-23(7-9-24)15-10-16(21-11-20-15)25-5-4-19-13(25)2/h4-5,10-11H,6-9H2,1-3H3. The van der Waals surface area contributed by atoms with Crippen LogP contribution < -0.4 is 4.90 Å². The molecule has 0 saturated carbocycles. The molecule has 1 saturated heterocycles. The highest BCUT2D eigenvalue weighted by molar-refractivity contribution is 7.13. The number of carbonyl (C=O) groups excluding carboxylic acids is 1. The lowest BCUT2D eigenvalue weighted by atomic mass is 10.2. The molecule has 1 fully saturated rings. The SMILES string of the molecule is Cc1nc(C)c(C(=O)N2CCN(c3cc(-n4ccnc4C)ncn3)CC2)s1. The highest BCUT2D eigenvalue weighted by atomic mass is 32.1. The molecule has 0 N–H and O–H groups in total. The first-order chi connectivity index (χ1) is 13.0. The van der Waals surface area contributed by atoms with E-state index in [0.29, 0.717) is 13.1 Å². The van der Waals surface area contributed by atoms with Crippen molar-refractivity contribution in [3.8, 4) is 5.82 Å². The summed E-state index contributed by atoms with van der Waals surface area (Å²) in [6.45, 7) is 8.57. The third-order valence-electron chi connectivity index (χ3n) is 4.70. The lowest BCUT2D eigenvalue weighted by Crippen LogP contribution is -2.49. The Morgan fingerprint density at radius 3 is 2.41 bits per heavy atom. The van der Waals surface area contributed by atoms with Gasteiger partial charge >= 0.3 is 0 Å². The Bertz CT molecular complexity index is 972. The van der Waals surface area contributed by atoms with E-state index in [0.717, 1.165) is 46.1 Å². The zero-order valence-electron chi connectivity index (χ0n) is 15.6. The Balaban J connectivity index is 1.46. The van der Waals surface area contributed by atoms with E-state index in [1.54, 1.807) is 12.5 Å². The minimum absolute atomic E-state index is 0.0789. The van der Waals surface area contributed by atoms with Crippen LogP contribution in [0.15, 0.2) is 24.8 Å². The van der Waals surface area contributed by atoms with Crippen molar-refractivity contribution in [2.75, 3.05) is 31.1 Å². The first-order valence-electron chi connectivity index (χ1n) is 8.83. The summed E-state index contributed by atoms with van der Waals surface area (Å²) in [5.41, 5.74) is 0.820. The monoisotopic (exact) mass is 383 g/mol. The van der Waals surface area contributed by atoms with Gasteiger partial charge in [-0.1, -0.05) is 0 Å². The van der Waals surface area contributed by atoms with Gasteiger partial charge in [-0.2, -0.15) is 0 Å². The van der Waals surface area contributed by atoms with Crippen molar-refractivity contribution in [2.24, 2.45) is 0 Å². The molecule has 0 aromatic carbocycles. The summed E-state index contributed by atoms with van der Waals surface area (Å²) in [5.74, 6) is 2.62. The average Bonchev–Trinajstić information content (AvgIpc) is 3.26. The lowest BCUT2D eigenvalue weighted by Gasteiger charge is -2.35. The van der Waals surface area contributed by atoms with Crippen LogP contribution in [0.2, 0.25) is 0 Å². The van der Waals surface area contributed by atoms with Crippen molar-refractivity contribution in [3.05, 3.63) is 46.2 Å². The molecular weight excluding hydrogens is 362 g/mol. The van der Waals surface area contributed by atoms with Crippen LogP contribution >= 0.6 is 11.3 Å². The van der Waals surface area contributed by atoms with Gasteiger partial charge in [0.15, 0.2) is 0 Å². The number of carbonyl (C=O) groups is 1. The Labute approximate surface area is 161 Å². The second kappa shape index (κ2) is 7.07. The van der Waals surface area contributed by atoms with E-state index in [2.05, 4.69) is 24.8 Å². The number of anilines is 1.